The smallest absolute Gasteiger partial charge is 1.00 e. The third-order valence-electron chi connectivity index (χ3n) is 3.74. The van der Waals surface area contributed by atoms with Crippen LogP contribution in [-0.4, -0.2) is 4.57 Å². The summed E-state index contributed by atoms with van der Waals surface area (Å²) < 4.78 is 3.51. The Hall–Kier alpha value is -0.0769. The number of hydrogen-bond acceptors (Lipinski definition) is 0. The van der Waals surface area contributed by atoms with Crippen molar-refractivity contribution in [2.75, 3.05) is 0 Å². The zero-order chi connectivity index (χ0) is 12.3. The molecule has 0 amide bonds. The van der Waals surface area contributed by atoms with Gasteiger partial charge in [0.15, 0.2) is 0 Å². The zero-order valence-electron chi connectivity index (χ0n) is 11.3. The van der Waals surface area contributed by atoms with E-state index in [2.05, 4.69) is 70.0 Å². The van der Waals surface area contributed by atoms with Gasteiger partial charge >= 0.3 is 26.2 Å². The largest absolute Gasteiger partial charge is 3.00 e. The quantitative estimate of drug-likeness (QED) is 0.416. The molecule has 0 fully saturated rings. The SMILES string of the molecule is Cn1c2c(c3ccccc31)[C-]=C1CC(Br)=CC=C12.[Cl-].[Cl-].[Zr+3]. The predicted molar refractivity (Wildman–Crippen MR) is 78.4 cm³/mol. The van der Waals surface area contributed by atoms with Gasteiger partial charge in [0.2, 0.25) is 0 Å². The van der Waals surface area contributed by atoms with Gasteiger partial charge in [-0.3, -0.25) is 0 Å². The third kappa shape index (κ3) is 2.79. The Kier molecular flexibility index (Phi) is 6.32. The summed E-state index contributed by atoms with van der Waals surface area (Å²) in [6, 6.07) is 8.54. The number of halogens is 3. The van der Waals surface area contributed by atoms with Crippen LogP contribution in [0.15, 0.2) is 46.5 Å². The predicted octanol–water partition coefficient (Wildman–Crippen LogP) is -1.66. The maximum atomic E-state index is 3.59. The standard InChI is InChI=1S/C16H11BrN.2ClH.Zr/c1-18-15-5-3-2-4-13(15)14-9-10-8-11(17)6-7-12(10)16(14)18;;;/h2-7H,8H2,1H3;2*1H;/q-1;;;+3/p-2. The van der Waals surface area contributed by atoms with Crippen LogP contribution >= 0.6 is 15.9 Å². The molecule has 0 atom stereocenters. The molecule has 1 aromatic carbocycles. The van der Waals surface area contributed by atoms with Crippen LogP contribution in [0.5, 0.6) is 0 Å². The minimum Gasteiger partial charge on any atom is -1.00 e. The number of rotatable bonds is 0. The summed E-state index contributed by atoms with van der Waals surface area (Å²) in [5, 5.41) is 1.30. The number of fused-ring (bicyclic) bond motifs is 5. The van der Waals surface area contributed by atoms with Gasteiger partial charge in [-0.25, -0.2) is 0 Å². The average molecular weight is 459 g/mol. The van der Waals surface area contributed by atoms with Gasteiger partial charge in [-0.05, 0) is 22.5 Å². The number of aryl methyl sites for hydroxylation is 1. The number of para-hydroxylation sites is 1. The first-order valence-electron chi connectivity index (χ1n) is 6.03. The number of allylic oxidation sites excluding steroid dienone is 5. The summed E-state index contributed by atoms with van der Waals surface area (Å²) >= 11 is 3.57. The van der Waals surface area contributed by atoms with E-state index in [-0.39, 0.29) is 51.0 Å². The Balaban J connectivity index is 0.000000735. The van der Waals surface area contributed by atoms with Crippen LogP contribution in [0.2, 0.25) is 0 Å². The van der Waals surface area contributed by atoms with E-state index in [1.807, 2.05) is 0 Å². The van der Waals surface area contributed by atoms with E-state index in [1.54, 1.807) is 0 Å². The van der Waals surface area contributed by atoms with Crippen molar-refractivity contribution in [1.82, 2.24) is 4.57 Å². The van der Waals surface area contributed by atoms with Gasteiger partial charge < -0.3 is 29.4 Å². The molecular weight excluding hydrogens is 448 g/mol. The summed E-state index contributed by atoms with van der Waals surface area (Å²) in [5.41, 5.74) is 6.47. The van der Waals surface area contributed by atoms with Gasteiger partial charge in [-0.1, -0.05) is 51.3 Å². The van der Waals surface area contributed by atoms with Crippen LogP contribution in [0.1, 0.15) is 17.7 Å². The molecule has 0 bridgehead atoms. The van der Waals surface area contributed by atoms with E-state index in [4.69, 9.17) is 0 Å². The van der Waals surface area contributed by atoms with Crippen molar-refractivity contribution in [2.24, 2.45) is 7.05 Å². The molecule has 0 N–H and O–H groups in total. The molecule has 2 aliphatic carbocycles. The van der Waals surface area contributed by atoms with Crippen molar-refractivity contribution in [1.29, 1.82) is 0 Å². The van der Waals surface area contributed by atoms with Gasteiger partial charge in [0.25, 0.3) is 0 Å². The summed E-state index contributed by atoms with van der Waals surface area (Å²) in [6.45, 7) is 0. The Morgan fingerprint density at radius 3 is 2.62 bits per heavy atom. The van der Waals surface area contributed by atoms with Crippen LogP contribution in [0.4, 0.5) is 0 Å². The van der Waals surface area contributed by atoms with Crippen LogP contribution < -0.4 is 24.8 Å². The van der Waals surface area contributed by atoms with E-state index in [0.717, 1.165) is 6.42 Å². The second-order valence-corrected chi connectivity index (χ2v) is 5.79. The zero-order valence-corrected chi connectivity index (χ0v) is 16.8. The van der Waals surface area contributed by atoms with Crippen molar-refractivity contribution in [2.45, 2.75) is 6.42 Å². The molecule has 0 spiro atoms. The van der Waals surface area contributed by atoms with Gasteiger partial charge in [-0.15, -0.1) is 28.9 Å². The monoisotopic (exact) mass is 456 g/mol. The van der Waals surface area contributed by atoms with E-state index < -0.39 is 0 Å². The molecule has 1 radical (unpaired) electrons. The first-order chi connectivity index (χ1) is 8.75. The molecule has 0 saturated heterocycles. The Morgan fingerprint density at radius 1 is 1.14 bits per heavy atom. The molecule has 0 unspecified atom stereocenters. The molecule has 4 rings (SSSR count). The summed E-state index contributed by atoms with van der Waals surface area (Å²) in [4.78, 5) is 0. The van der Waals surface area contributed by atoms with E-state index in [9.17, 15) is 0 Å². The van der Waals surface area contributed by atoms with Gasteiger partial charge in [0.05, 0.1) is 0 Å². The van der Waals surface area contributed by atoms with E-state index in [0.29, 0.717) is 0 Å². The fourth-order valence-electron chi connectivity index (χ4n) is 2.92. The van der Waals surface area contributed by atoms with Crippen molar-refractivity contribution in [3.63, 3.8) is 0 Å². The van der Waals surface area contributed by atoms with Crippen molar-refractivity contribution < 1.29 is 51.0 Å². The Bertz CT molecular complexity index is 787. The topological polar surface area (TPSA) is 4.93 Å². The first kappa shape index (κ1) is 19.0. The molecule has 2 aromatic rings. The van der Waals surface area contributed by atoms with Crippen LogP contribution in [-0.2, 0) is 33.3 Å². The number of benzene rings is 1. The minimum absolute atomic E-state index is 0. The first-order valence-corrected chi connectivity index (χ1v) is 6.82. The molecule has 105 valence electrons. The van der Waals surface area contributed by atoms with E-state index in [1.165, 1.54) is 37.8 Å². The van der Waals surface area contributed by atoms with Gasteiger partial charge in [-0.2, -0.15) is 0 Å². The molecule has 1 aromatic heterocycles. The Morgan fingerprint density at radius 2 is 1.86 bits per heavy atom. The minimum atomic E-state index is 0. The molecular formula is C16H11BrCl2NZr. The Labute approximate surface area is 164 Å². The van der Waals surface area contributed by atoms with Crippen molar-refractivity contribution in [3.05, 3.63) is 63.8 Å². The number of hydrogen-bond donors (Lipinski definition) is 0. The van der Waals surface area contributed by atoms with Crippen molar-refractivity contribution >= 4 is 32.4 Å². The summed E-state index contributed by atoms with van der Waals surface area (Å²) in [7, 11) is 2.14. The maximum Gasteiger partial charge on any atom is 3.00 e. The van der Waals surface area contributed by atoms with Crippen LogP contribution in [0.3, 0.4) is 0 Å². The fraction of sp³-hybridized carbons (Fsp3) is 0.125. The number of nitrogens with zero attached hydrogens (tertiary/aromatic N) is 1. The molecule has 0 aliphatic heterocycles. The van der Waals surface area contributed by atoms with Crippen LogP contribution in [0.25, 0.3) is 16.5 Å². The molecule has 1 heterocycles. The molecule has 5 heteroatoms. The molecule has 1 nitrogen and oxygen atoms in total. The third-order valence-corrected chi connectivity index (χ3v) is 4.28. The average Bonchev–Trinajstić information content (AvgIpc) is 2.87. The van der Waals surface area contributed by atoms with Crippen molar-refractivity contribution in [3.8, 4) is 0 Å². The fourth-order valence-corrected chi connectivity index (χ4v) is 3.33. The van der Waals surface area contributed by atoms with E-state index >= 15 is 0 Å². The second-order valence-electron chi connectivity index (χ2n) is 4.77. The number of aromatic nitrogens is 1. The van der Waals surface area contributed by atoms with Gasteiger partial charge in [0, 0.05) is 7.05 Å². The molecule has 21 heavy (non-hydrogen) atoms. The molecule has 0 saturated carbocycles. The molecule has 2 aliphatic rings. The van der Waals surface area contributed by atoms with Gasteiger partial charge in [0.1, 0.15) is 0 Å². The maximum absolute atomic E-state index is 3.59. The van der Waals surface area contributed by atoms with Crippen LogP contribution in [0, 0.1) is 6.08 Å². The summed E-state index contributed by atoms with van der Waals surface area (Å²) in [5.74, 6) is 0. The normalized spacial score (nSPS) is 14.7. The second kappa shape index (κ2) is 7.00. The summed E-state index contributed by atoms with van der Waals surface area (Å²) in [6.07, 6.45) is 8.88.